The summed E-state index contributed by atoms with van der Waals surface area (Å²) in [4.78, 5) is 23.0. The van der Waals surface area contributed by atoms with Crippen LogP contribution in [0.1, 0.15) is 46.5 Å². The molecule has 0 radical (unpaired) electrons. The molecule has 134 valence electrons. The van der Waals surface area contributed by atoms with Gasteiger partial charge in [-0.3, -0.25) is 4.79 Å². The number of nitrogens with one attached hydrogen (secondary N) is 1. The standard InChI is InChI=1S/C16H29NO6/c1-16(2,3)23-11-6-13(15(19)20)17-14(18)7-10-22-12-4-8-21-9-5-12/h12-13H,4-11H2,1-3H3,(H,17,18)(H,19,20). The van der Waals surface area contributed by atoms with Gasteiger partial charge in [0.25, 0.3) is 0 Å². The Balaban J connectivity index is 2.23. The zero-order chi connectivity index (χ0) is 17.3. The molecule has 1 rings (SSSR count). The van der Waals surface area contributed by atoms with Gasteiger partial charge < -0.3 is 24.6 Å². The summed E-state index contributed by atoms with van der Waals surface area (Å²) in [6.45, 7) is 7.64. The Bertz CT molecular complexity index is 373. The van der Waals surface area contributed by atoms with Gasteiger partial charge in [-0.25, -0.2) is 4.79 Å². The van der Waals surface area contributed by atoms with Gasteiger partial charge in [-0.2, -0.15) is 0 Å². The number of carboxylic acids is 1. The van der Waals surface area contributed by atoms with Gasteiger partial charge in [-0.15, -0.1) is 0 Å². The molecule has 1 unspecified atom stereocenters. The minimum atomic E-state index is -1.05. The third kappa shape index (κ3) is 9.53. The number of carbonyl (C=O) groups is 2. The first-order valence-corrected chi connectivity index (χ1v) is 8.13. The molecular weight excluding hydrogens is 302 g/mol. The molecule has 1 aliphatic heterocycles. The highest BCUT2D eigenvalue weighted by atomic mass is 16.5. The number of amides is 1. The van der Waals surface area contributed by atoms with E-state index in [0.29, 0.717) is 19.8 Å². The third-order valence-corrected chi connectivity index (χ3v) is 3.43. The summed E-state index contributed by atoms with van der Waals surface area (Å²) in [5.41, 5.74) is -0.329. The van der Waals surface area contributed by atoms with Crippen LogP contribution in [-0.4, -0.2) is 61.2 Å². The Labute approximate surface area is 137 Å². The minimum absolute atomic E-state index is 0.131. The van der Waals surface area contributed by atoms with E-state index in [4.69, 9.17) is 19.3 Å². The Hall–Kier alpha value is -1.18. The third-order valence-electron chi connectivity index (χ3n) is 3.43. The van der Waals surface area contributed by atoms with Crippen molar-refractivity contribution in [2.75, 3.05) is 26.4 Å². The molecule has 0 aromatic carbocycles. The van der Waals surface area contributed by atoms with Crippen LogP contribution in [0.25, 0.3) is 0 Å². The Morgan fingerprint density at radius 2 is 1.91 bits per heavy atom. The van der Waals surface area contributed by atoms with E-state index in [1.54, 1.807) is 0 Å². The highest BCUT2D eigenvalue weighted by Gasteiger charge is 2.21. The zero-order valence-electron chi connectivity index (χ0n) is 14.3. The summed E-state index contributed by atoms with van der Waals surface area (Å²) in [6, 6.07) is -0.937. The summed E-state index contributed by atoms with van der Waals surface area (Å²) in [5, 5.41) is 11.7. The van der Waals surface area contributed by atoms with Crippen LogP contribution in [0.4, 0.5) is 0 Å². The van der Waals surface area contributed by atoms with Crippen molar-refractivity contribution in [3.63, 3.8) is 0 Å². The number of ether oxygens (including phenoxy) is 3. The van der Waals surface area contributed by atoms with Crippen molar-refractivity contribution in [1.82, 2.24) is 5.32 Å². The van der Waals surface area contributed by atoms with Gasteiger partial charge in [0.05, 0.1) is 18.3 Å². The average Bonchev–Trinajstić information content (AvgIpc) is 2.46. The van der Waals surface area contributed by atoms with Crippen molar-refractivity contribution < 1.29 is 28.9 Å². The van der Waals surface area contributed by atoms with Crippen LogP contribution in [0.5, 0.6) is 0 Å². The molecule has 7 nitrogen and oxygen atoms in total. The summed E-state index contributed by atoms with van der Waals surface area (Å²) < 4.78 is 16.3. The van der Waals surface area contributed by atoms with Crippen molar-refractivity contribution in [2.45, 2.75) is 64.2 Å². The largest absolute Gasteiger partial charge is 0.480 e. The fraction of sp³-hybridized carbons (Fsp3) is 0.875. The van der Waals surface area contributed by atoms with Crippen molar-refractivity contribution in [2.24, 2.45) is 0 Å². The lowest BCUT2D eigenvalue weighted by Crippen LogP contribution is -2.42. The van der Waals surface area contributed by atoms with Gasteiger partial charge >= 0.3 is 5.97 Å². The molecule has 1 fully saturated rings. The number of carboxylic acid groups (broad SMARTS) is 1. The van der Waals surface area contributed by atoms with Crippen molar-refractivity contribution in [3.05, 3.63) is 0 Å². The SMILES string of the molecule is CC(C)(C)OCCC(NC(=O)CCOC1CCOCC1)C(=O)O. The molecule has 0 aliphatic carbocycles. The summed E-state index contributed by atoms with van der Waals surface area (Å²) >= 11 is 0. The quantitative estimate of drug-likeness (QED) is 0.662. The molecule has 23 heavy (non-hydrogen) atoms. The van der Waals surface area contributed by atoms with Gasteiger partial charge in [0.2, 0.25) is 5.91 Å². The van der Waals surface area contributed by atoms with E-state index in [9.17, 15) is 9.59 Å². The molecule has 0 saturated carbocycles. The number of hydrogen-bond donors (Lipinski definition) is 2. The summed E-state index contributed by atoms with van der Waals surface area (Å²) in [6.07, 6.45) is 2.19. The molecule has 1 aliphatic rings. The first kappa shape index (κ1) is 19.9. The van der Waals surface area contributed by atoms with Gasteiger partial charge in [0, 0.05) is 32.7 Å². The van der Waals surface area contributed by atoms with Crippen LogP contribution >= 0.6 is 0 Å². The lowest BCUT2D eigenvalue weighted by atomic mass is 10.1. The van der Waals surface area contributed by atoms with E-state index in [-0.39, 0.29) is 37.1 Å². The molecule has 2 N–H and O–H groups in total. The smallest absolute Gasteiger partial charge is 0.326 e. The second-order valence-electron chi connectivity index (χ2n) is 6.64. The first-order valence-electron chi connectivity index (χ1n) is 8.13. The monoisotopic (exact) mass is 331 g/mol. The lowest BCUT2D eigenvalue weighted by molar-refractivity contribution is -0.143. The average molecular weight is 331 g/mol. The van der Waals surface area contributed by atoms with E-state index >= 15 is 0 Å². The van der Waals surface area contributed by atoms with Crippen molar-refractivity contribution >= 4 is 11.9 Å². The predicted octanol–water partition coefficient (Wildman–Crippen LogP) is 1.35. The molecular formula is C16H29NO6. The van der Waals surface area contributed by atoms with E-state index in [0.717, 1.165) is 12.8 Å². The lowest BCUT2D eigenvalue weighted by Gasteiger charge is -2.23. The maximum Gasteiger partial charge on any atom is 0.326 e. The van der Waals surface area contributed by atoms with Gasteiger partial charge in [0.15, 0.2) is 0 Å². The van der Waals surface area contributed by atoms with Crippen LogP contribution < -0.4 is 5.32 Å². The minimum Gasteiger partial charge on any atom is -0.480 e. The van der Waals surface area contributed by atoms with E-state index in [1.165, 1.54) is 0 Å². The fourth-order valence-electron chi connectivity index (χ4n) is 2.17. The Kier molecular flexibility index (Phi) is 8.51. The first-order chi connectivity index (χ1) is 10.8. The zero-order valence-corrected chi connectivity index (χ0v) is 14.3. The normalized spacial score (nSPS) is 17.7. The molecule has 0 spiro atoms. The summed E-state index contributed by atoms with van der Waals surface area (Å²) in [7, 11) is 0. The molecule has 1 amide bonds. The Morgan fingerprint density at radius 1 is 1.26 bits per heavy atom. The highest BCUT2D eigenvalue weighted by Crippen LogP contribution is 2.11. The van der Waals surface area contributed by atoms with Crippen LogP contribution in [0.15, 0.2) is 0 Å². The molecule has 7 heteroatoms. The van der Waals surface area contributed by atoms with Gasteiger partial charge in [0.1, 0.15) is 6.04 Å². The van der Waals surface area contributed by atoms with Crippen LogP contribution in [0.3, 0.4) is 0 Å². The molecule has 0 aromatic heterocycles. The summed E-state index contributed by atoms with van der Waals surface area (Å²) in [5.74, 6) is -1.37. The van der Waals surface area contributed by atoms with Crippen LogP contribution in [0.2, 0.25) is 0 Å². The van der Waals surface area contributed by atoms with E-state index < -0.39 is 12.0 Å². The molecule has 1 heterocycles. The maximum atomic E-state index is 11.8. The van der Waals surface area contributed by atoms with Crippen molar-refractivity contribution in [1.29, 1.82) is 0 Å². The topological polar surface area (TPSA) is 94.1 Å². The molecule has 1 atom stereocenters. The van der Waals surface area contributed by atoms with Crippen LogP contribution in [0, 0.1) is 0 Å². The number of hydrogen-bond acceptors (Lipinski definition) is 5. The number of aliphatic carboxylic acids is 1. The van der Waals surface area contributed by atoms with Crippen molar-refractivity contribution in [3.8, 4) is 0 Å². The predicted molar refractivity (Wildman–Crippen MR) is 84.3 cm³/mol. The van der Waals surface area contributed by atoms with E-state index in [1.807, 2.05) is 20.8 Å². The second kappa shape index (κ2) is 9.85. The van der Waals surface area contributed by atoms with Gasteiger partial charge in [-0.05, 0) is 33.6 Å². The van der Waals surface area contributed by atoms with Gasteiger partial charge in [-0.1, -0.05) is 0 Å². The number of carbonyl (C=O) groups excluding carboxylic acids is 1. The second-order valence-corrected chi connectivity index (χ2v) is 6.64. The maximum absolute atomic E-state index is 11.8. The van der Waals surface area contributed by atoms with Crippen LogP contribution in [-0.2, 0) is 23.8 Å². The molecule has 0 bridgehead atoms. The fourth-order valence-corrected chi connectivity index (χ4v) is 2.17. The highest BCUT2D eigenvalue weighted by molar-refractivity contribution is 5.83. The van der Waals surface area contributed by atoms with E-state index in [2.05, 4.69) is 5.32 Å². The Morgan fingerprint density at radius 3 is 2.48 bits per heavy atom. The molecule has 1 saturated heterocycles. The number of rotatable bonds is 9. The molecule has 0 aromatic rings.